The quantitative estimate of drug-likeness (QED) is 0.286. The number of rotatable bonds is 12. The summed E-state index contributed by atoms with van der Waals surface area (Å²) >= 11 is 12.8. The number of amides is 2. The van der Waals surface area contributed by atoms with E-state index in [4.69, 9.17) is 27.9 Å². The van der Waals surface area contributed by atoms with Crippen LogP contribution in [0.2, 0.25) is 10.0 Å². The van der Waals surface area contributed by atoms with Crippen molar-refractivity contribution in [1.82, 2.24) is 10.2 Å². The second-order valence-corrected chi connectivity index (χ2v) is 13.1. The lowest BCUT2D eigenvalue weighted by Crippen LogP contribution is -2.54. The summed E-state index contributed by atoms with van der Waals surface area (Å²) in [5.41, 5.74) is 1.70. The minimum absolute atomic E-state index is 0.00899. The van der Waals surface area contributed by atoms with Crippen molar-refractivity contribution in [3.63, 3.8) is 0 Å². The van der Waals surface area contributed by atoms with Crippen LogP contribution in [-0.2, 0) is 32.6 Å². The number of sulfonamides is 1. The van der Waals surface area contributed by atoms with Crippen molar-refractivity contribution in [2.24, 2.45) is 0 Å². The Kier molecular flexibility index (Phi) is 10.8. The van der Waals surface area contributed by atoms with Gasteiger partial charge in [-0.25, -0.2) is 8.42 Å². The fraction of sp³-hybridized carbons (Fsp3) is 0.355. The molecule has 1 fully saturated rings. The lowest BCUT2D eigenvalue weighted by molar-refractivity contribution is -0.140. The van der Waals surface area contributed by atoms with Gasteiger partial charge in [-0.05, 0) is 48.2 Å². The molecule has 2 amide bonds. The summed E-state index contributed by atoms with van der Waals surface area (Å²) in [5.74, 6) is -0.480. The number of hydrogen-bond donors (Lipinski definition) is 1. The Morgan fingerprint density at radius 2 is 1.64 bits per heavy atom. The van der Waals surface area contributed by atoms with Crippen LogP contribution in [0.15, 0.2) is 72.8 Å². The maximum absolute atomic E-state index is 14.2. The van der Waals surface area contributed by atoms with Crippen LogP contribution in [0, 0.1) is 0 Å². The average molecular weight is 633 g/mol. The number of halogens is 2. The monoisotopic (exact) mass is 631 g/mol. The Morgan fingerprint density at radius 3 is 2.26 bits per heavy atom. The highest BCUT2D eigenvalue weighted by atomic mass is 35.5. The molecule has 3 aromatic carbocycles. The molecule has 1 aliphatic rings. The van der Waals surface area contributed by atoms with Crippen LogP contribution < -0.4 is 14.4 Å². The van der Waals surface area contributed by atoms with E-state index in [-0.39, 0.29) is 35.6 Å². The van der Waals surface area contributed by atoms with Crippen LogP contribution in [-0.4, -0.2) is 57.1 Å². The number of benzene rings is 3. The van der Waals surface area contributed by atoms with Gasteiger partial charge in [0.15, 0.2) is 0 Å². The highest BCUT2D eigenvalue weighted by Crippen LogP contribution is 2.31. The number of carbonyl (C=O) groups excluding carboxylic acids is 2. The zero-order chi connectivity index (χ0) is 30.3. The number of ether oxygens (including phenoxy) is 1. The van der Waals surface area contributed by atoms with Gasteiger partial charge in [0.25, 0.3) is 0 Å². The highest BCUT2D eigenvalue weighted by molar-refractivity contribution is 7.92. The molecule has 11 heteroatoms. The van der Waals surface area contributed by atoms with E-state index in [0.29, 0.717) is 16.3 Å². The van der Waals surface area contributed by atoms with Crippen LogP contribution in [0.4, 0.5) is 5.69 Å². The third-order valence-electron chi connectivity index (χ3n) is 7.37. The first-order valence-electron chi connectivity index (χ1n) is 13.7. The molecule has 3 aromatic rings. The summed E-state index contributed by atoms with van der Waals surface area (Å²) in [5, 5.41) is 3.77. The Morgan fingerprint density at radius 1 is 0.976 bits per heavy atom. The van der Waals surface area contributed by atoms with E-state index < -0.39 is 28.5 Å². The molecule has 0 saturated heterocycles. The van der Waals surface area contributed by atoms with Gasteiger partial charge in [-0.1, -0.05) is 84.6 Å². The fourth-order valence-corrected chi connectivity index (χ4v) is 6.44. The summed E-state index contributed by atoms with van der Waals surface area (Å²) in [6.07, 6.45) is 5.08. The predicted molar refractivity (Wildman–Crippen MR) is 167 cm³/mol. The molecule has 1 N–H and O–H groups in total. The van der Waals surface area contributed by atoms with Gasteiger partial charge in [0.2, 0.25) is 21.8 Å². The molecule has 0 aromatic heterocycles. The number of carbonyl (C=O) groups is 2. The Labute approximate surface area is 257 Å². The standard InChI is InChI=1S/C31H35Cl2N3O5S/c1-41-29-17-16-25(19-27(29)33)36(42(2,39)40)21-30(37)35(20-23-12-6-9-15-26(23)32)28(18-22-10-4-3-5-11-22)31(38)34-24-13-7-8-14-24/h3-6,9-12,15-17,19,24,28H,7-8,13-14,18,20-21H2,1-2H3,(H,34,38)/t28-/m1/s1. The second-order valence-electron chi connectivity index (χ2n) is 10.4. The molecular formula is C31H35Cl2N3O5S. The summed E-state index contributed by atoms with van der Waals surface area (Å²) in [7, 11) is -2.47. The van der Waals surface area contributed by atoms with E-state index in [2.05, 4.69) is 5.32 Å². The fourth-order valence-electron chi connectivity index (χ4n) is 5.16. The van der Waals surface area contributed by atoms with Crippen molar-refractivity contribution >= 4 is 50.7 Å². The van der Waals surface area contributed by atoms with Crippen molar-refractivity contribution in [3.05, 3.63) is 94.0 Å². The van der Waals surface area contributed by atoms with Crippen LogP contribution >= 0.6 is 23.2 Å². The highest BCUT2D eigenvalue weighted by Gasteiger charge is 2.34. The Balaban J connectivity index is 1.74. The van der Waals surface area contributed by atoms with Gasteiger partial charge in [0, 0.05) is 24.0 Å². The molecule has 0 radical (unpaired) electrons. The molecule has 0 unspecified atom stereocenters. The maximum Gasteiger partial charge on any atom is 0.244 e. The third-order valence-corrected chi connectivity index (χ3v) is 9.18. The third kappa shape index (κ3) is 8.18. The van der Waals surface area contributed by atoms with Crippen molar-refractivity contribution < 1.29 is 22.7 Å². The van der Waals surface area contributed by atoms with E-state index >= 15 is 0 Å². The van der Waals surface area contributed by atoms with Crippen LogP contribution in [0.3, 0.4) is 0 Å². The average Bonchev–Trinajstić information content (AvgIpc) is 3.47. The first-order chi connectivity index (χ1) is 20.1. The summed E-state index contributed by atoms with van der Waals surface area (Å²) < 4.78 is 32.1. The van der Waals surface area contributed by atoms with Gasteiger partial charge in [-0.15, -0.1) is 0 Å². The van der Waals surface area contributed by atoms with Crippen LogP contribution in [0.5, 0.6) is 5.75 Å². The molecule has 224 valence electrons. The second kappa shape index (κ2) is 14.3. The van der Waals surface area contributed by atoms with Gasteiger partial charge in [-0.3, -0.25) is 13.9 Å². The molecule has 8 nitrogen and oxygen atoms in total. The van der Waals surface area contributed by atoms with Crippen LogP contribution in [0.1, 0.15) is 36.8 Å². The van der Waals surface area contributed by atoms with E-state index in [1.807, 2.05) is 30.3 Å². The van der Waals surface area contributed by atoms with Gasteiger partial charge >= 0.3 is 0 Å². The summed E-state index contributed by atoms with van der Waals surface area (Å²) in [6.45, 7) is -0.539. The van der Waals surface area contributed by atoms with Crippen molar-refractivity contribution in [2.45, 2.75) is 50.7 Å². The Bertz CT molecular complexity index is 1500. The van der Waals surface area contributed by atoms with Crippen molar-refractivity contribution in [2.75, 3.05) is 24.2 Å². The lowest BCUT2D eigenvalue weighted by Gasteiger charge is -2.34. The largest absolute Gasteiger partial charge is 0.495 e. The molecule has 4 rings (SSSR count). The molecule has 0 spiro atoms. The molecule has 42 heavy (non-hydrogen) atoms. The van der Waals surface area contributed by atoms with Crippen LogP contribution in [0.25, 0.3) is 0 Å². The molecule has 1 aliphatic carbocycles. The summed E-state index contributed by atoms with van der Waals surface area (Å²) in [4.78, 5) is 29.5. The zero-order valence-electron chi connectivity index (χ0n) is 23.6. The van der Waals surface area contributed by atoms with E-state index in [9.17, 15) is 18.0 Å². The zero-order valence-corrected chi connectivity index (χ0v) is 26.0. The molecule has 0 heterocycles. The van der Waals surface area contributed by atoms with Crippen molar-refractivity contribution in [1.29, 1.82) is 0 Å². The van der Waals surface area contributed by atoms with Gasteiger partial charge in [0.05, 0.1) is 24.1 Å². The van der Waals surface area contributed by atoms with Gasteiger partial charge in [-0.2, -0.15) is 0 Å². The normalized spacial score (nSPS) is 14.3. The Hall–Kier alpha value is -3.27. The SMILES string of the molecule is COc1ccc(N(CC(=O)N(Cc2ccccc2Cl)[C@H](Cc2ccccc2)C(=O)NC2CCCC2)S(C)(=O)=O)cc1Cl. The first kappa shape index (κ1) is 31.7. The minimum Gasteiger partial charge on any atom is -0.495 e. The van der Waals surface area contributed by atoms with Crippen molar-refractivity contribution in [3.8, 4) is 5.75 Å². The minimum atomic E-state index is -3.93. The van der Waals surface area contributed by atoms with E-state index in [0.717, 1.165) is 41.8 Å². The predicted octanol–water partition coefficient (Wildman–Crippen LogP) is 5.47. The number of nitrogens with zero attached hydrogens (tertiary/aromatic N) is 2. The summed E-state index contributed by atoms with van der Waals surface area (Å²) in [6, 6.07) is 20.1. The molecular weight excluding hydrogens is 597 g/mol. The molecule has 0 bridgehead atoms. The first-order valence-corrected chi connectivity index (χ1v) is 16.4. The topological polar surface area (TPSA) is 96.0 Å². The molecule has 1 atom stereocenters. The lowest BCUT2D eigenvalue weighted by atomic mass is 10.0. The van der Waals surface area contributed by atoms with Gasteiger partial charge in [0.1, 0.15) is 18.3 Å². The molecule has 1 saturated carbocycles. The van der Waals surface area contributed by atoms with Gasteiger partial charge < -0.3 is 15.0 Å². The van der Waals surface area contributed by atoms with E-state index in [1.54, 1.807) is 24.3 Å². The number of anilines is 1. The van der Waals surface area contributed by atoms with E-state index in [1.165, 1.54) is 30.2 Å². The number of methoxy groups -OCH3 is 1. The maximum atomic E-state index is 14.2. The molecule has 0 aliphatic heterocycles. The number of nitrogens with one attached hydrogen (secondary N) is 1. The smallest absolute Gasteiger partial charge is 0.244 e. The number of hydrogen-bond acceptors (Lipinski definition) is 5.